The molecule has 0 saturated heterocycles. The summed E-state index contributed by atoms with van der Waals surface area (Å²) in [7, 11) is 0. The molecular weight excluding hydrogens is 426 g/mol. The van der Waals surface area contributed by atoms with Gasteiger partial charge in [0.15, 0.2) is 11.5 Å². The molecule has 0 aliphatic carbocycles. The van der Waals surface area contributed by atoms with Crippen LogP contribution >= 0.6 is 27.5 Å². The second-order valence-electron chi connectivity index (χ2n) is 5.21. The number of halogens is 2. The number of H-pyrrole nitrogens is 1. The number of phenols is 1. The van der Waals surface area contributed by atoms with Crippen molar-refractivity contribution >= 4 is 44.6 Å². The number of hydrogen-bond donors (Lipinski definition) is 2. The van der Waals surface area contributed by atoms with Gasteiger partial charge < -0.3 is 14.8 Å². The van der Waals surface area contributed by atoms with Gasteiger partial charge in [0.05, 0.1) is 23.7 Å². The average Bonchev–Trinajstić information content (AvgIpc) is 2.63. The Hall–Kier alpha value is -2.58. The van der Waals surface area contributed by atoms with Crippen LogP contribution in [0.1, 0.15) is 12.5 Å². The SMILES string of the molecule is CCOc1cc(C=Nn2c(=O)[nH]c3ccccc3c2=O)c(Br)c(Cl)c1O. The summed E-state index contributed by atoms with van der Waals surface area (Å²) >= 11 is 9.33. The van der Waals surface area contributed by atoms with Gasteiger partial charge in [0, 0.05) is 10.0 Å². The van der Waals surface area contributed by atoms with Crippen molar-refractivity contribution in [3.8, 4) is 11.5 Å². The van der Waals surface area contributed by atoms with Crippen molar-refractivity contribution in [3.63, 3.8) is 0 Å². The van der Waals surface area contributed by atoms with Crippen LogP contribution in [0, 0.1) is 0 Å². The molecule has 2 N–H and O–H groups in total. The third-order valence-corrected chi connectivity index (χ3v) is 5.02. The fourth-order valence-corrected chi connectivity index (χ4v) is 2.96. The predicted molar refractivity (Wildman–Crippen MR) is 104 cm³/mol. The number of nitrogens with one attached hydrogen (secondary N) is 1. The molecule has 0 spiro atoms. The smallest absolute Gasteiger partial charge is 0.349 e. The van der Waals surface area contributed by atoms with Gasteiger partial charge in [-0.15, -0.1) is 4.68 Å². The number of benzene rings is 2. The highest BCUT2D eigenvalue weighted by atomic mass is 79.9. The van der Waals surface area contributed by atoms with Crippen LogP contribution in [0.15, 0.2) is 49.5 Å². The molecule has 1 heterocycles. The van der Waals surface area contributed by atoms with Crippen molar-refractivity contribution in [3.05, 3.63) is 66.2 Å². The van der Waals surface area contributed by atoms with E-state index in [0.717, 1.165) is 4.68 Å². The van der Waals surface area contributed by atoms with E-state index in [1.165, 1.54) is 12.3 Å². The largest absolute Gasteiger partial charge is 0.503 e. The number of nitrogens with zero attached hydrogens (tertiary/aromatic N) is 2. The number of aromatic nitrogens is 2. The van der Waals surface area contributed by atoms with Crippen LogP contribution in [0.2, 0.25) is 5.02 Å². The minimum Gasteiger partial charge on any atom is -0.503 e. The van der Waals surface area contributed by atoms with Gasteiger partial charge in [-0.1, -0.05) is 23.7 Å². The summed E-state index contributed by atoms with van der Waals surface area (Å²) in [5, 5.41) is 14.3. The van der Waals surface area contributed by atoms with E-state index in [9.17, 15) is 14.7 Å². The van der Waals surface area contributed by atoms with E-state index < -0.39 is 11.2 Å². The first kappa shape index (κ1) is 18.2. The van der Waals surface area contributed by atoms with Gasteiger partial charge in [-0.25, -0.2) is 4.79 Å². The first-order valence-electron chi connectivity index (χ1n) is 7.56. The average molecular weight is 439 g/mol. The van der Waals surface area contributed by atoms with Crippen molar-refractivity contribution in [2.45, 2.75) is 6.92 Å². The summed E-state index contributed by atoms with van der Waals surface area (Å²) < 4.78 is 6.39. The van der Waals surface area contributed by atoms with E-state index in [4.69, 9.17) is 16.3 Å². The molecule has 3 aromatic rings. The van der Waals surface area contributed by atoms with E-state index in [1.807, 2.05) is 0 Å². The molecule has 7 nitrogen and oxygen atoms in total. The van der Waals surface area contributed by atoms with Crippen LogP contribution < -0.4 is 16.0 Å². The minimum absolute atomic E-state index is 0.0390. The molecule has 0 fully saturated rings. The number of fused-ring (bicyclic) bond motifs is 1. The number of aromatic amines is 1. The molecule has 2 aromatic carbocycles. The normalized spacial score (nSPS) is 11.3. The zero-order valence-electron chi connectivity index (χ0n) is 13.5. The van der Waals surface area contributed by atoms with Crippen LogP contribution in [-0.4, -0.2) is 27.6 Å². The van der Waals surface area contributed by atoms with Crippen LogP contribution in [0.4, 0.5) is 0 Å². The zero-order chi connectivity index (χ0) is 18.8. The standard InChI is InChI=1S/C17H13BrClN3O4/c1-2-26-12-7-9(13(18)14(19)15(12)23)8-20-22-16(24)10-5-3-4-6-11(10)21-17(22)25/h3-8,23H,2H2,1H3,(H,21,25). The third-order valence-electron chi connectivity index (χ3n) is 3.57. The summed E-state index contributed by atoms with van der Waals surface area (Å²) in [6.07, 6.45) is 1.28. The lowest BCUT2D eigenvalue weighted by atomic mass is 10.2. The fourth-order valence-electron chi connectivity index (χ4n) is 2.35. The number of aromatic hydroxyl groups is 1. The summed E-state index contributed by atoms with van der Waals surface area (Å²) in [6, 6.07) is 8.15. The van der Waals surface area contributed by atoms with Crippen molar-refractivity contribution in [2.75, 3.05) is 6.61 Å². The number of ether oxygens (including phenoxy) is 1. The Balaban J connectivity index is 2.13. The Labute approximate surface area is 160 Å². The molecule has 0 unspecified atom stereocenters. The Kier molecular flexibility index (Phi) is 5.15. The first-order chi connectivity index (χ1) is 12.4. The van der Waals surface area contributed by atoms with Crippen LogP contribution in [0.5, 0.6) is 11.5 Å². The lowest BCUT2D eigenvalue weighted by Gasteiger charge is -2.10. The monoisotopic (exact) mass is 437 g/mol. The molecule has 0 radical (unpaired) electrons. The lowest BCUT2D eigenvalue weighted by molar-refractivity contribution is 0.318. The second-order valence-corrected chi connectivity index (χ2v) is 6.38. The van der Waals surface area contributed by atoms with Gasteiger partial charge in [0.1, 0.15) is 5.02 Å². The molecule has 0 amide bonds. The molecule has 0 aliphatic heterocycles. The van der Waals surface area contributed by atoms with Crippen LogP contribution in [-0.2, 0) is 0 Å². The van der Waals surface area contributed by atoms with Gasteiger partial charge in [-0.3, -0.25) is 4.79 Å². The van der Waals surface area contributed by atoms with Gasteiger partial charge in [0.25, 0.3) is 5.56 Å². The van der Waals surface area contributed by atoms with E-state index in [0.29, 0.717) is 27.5 Å². The van der Waals surface area contributed by atoms with Crippen LogP contribution in [0.3, 0.4) is 0 Å². The topological polar surface area (TPSA) is 96.7 Å². The van der Waals surface area contributed by atoms with E-state index in [1.54, 1.807) is 31.2 Å². The molecule has 3 rings (SSSR count). The number of phenolic OH excluding ortho intramolecular Hbond substituents is 1. The summed E-state index contributed by atoms with van der Waals surface area (Å²) in [6.45, 7) is 2.09. The molecule has 9 heteroatoms. The molecule has 134 valence electrons. The summed E-state index contributed by atoms with van der Waals surface area (Å²) in [5.74, 6) is -0.0415. The van der Waals surface area contributed by atoms with Crippen LogP contribution in [0.25, 0.3) is 10.9 Å². The molecule has 26 heavy (non-hydrogen) atoms. The highest BCUT2D eigenvalue weighted by Crippen LogP contribution is 2.41. The molecule has 0 atom stereocenters. The van der Waals surface area contributed by atoms with Crippen molar-refractivity contribution < 1.29 is 9.84 Å². The minimum atomic E-state index is -0.670. The Morgan fingerprint density at radius 3 is 2.85 bits per heavy atom. The van der Waals surface area contributed by atoms with E-state index >= 15 is 0 Å². The first-order valence-corrected chi connectivity index (χ1v) is 8.73. The van der Waals surface area contributed by atoms with Gasteiger partial charge in [-0.05, 0) is 41.1 Å². The lowest BCUT2D eigenvalue weighted by Crippen LogP contribution is -2.32. The van der Waals surface area contributed by atoms with E-state index in [2.05, 4.69) is 26.0 Å². The maximum atomic E-state index is 12.5. The molecule has 1 aromatic heterocycles. The summed E-state index contributed by atoms with van der Waals surface area (Å²) in [4.78, 5) is 27.2. The number of rotatable bonds is 4. The Morgan fingerprint density at radius 2 is 2.12 bits per heavy atom. The second kappa shape index (κ2) is 7.35. The third kappa shape index (κ3) is 3.25. The predicted octanol–water partition coefficient (Wildman–Crippen LogP) is 3.09. The van der Waals surface area contributed by atoms with Crippen molar-refractivity contribution in [1.29, 1.82) is 0 Å². The summed E-state index contributed by atoms with van der Waals surface area (Å²) in [5.41, 5.74) is -0.361. The Morgan fingerprint density at radius 1 is 1.38 bits per heavy atom. The number of hydrogen-bond acceptors (Lipinski definition) is 5. The number of para-hydroxylation sites is 1. The van der Waals surface area contributed by atoms with Gasteiger partial charge >= 0.3 is 5.69 Å². The maximum Gasteiger partial charge on any atom is 0.349 e. The van der Waals surface area contributed by atoms with E-state index in [-0.39, 0.29) is 16.5 Å². The highest BCUT2D eigenvalue weighted by molar-refractivity contribution is 9.10. The highest BCUT2D eigenvalue weighted by Gasteiger charge is 2.15. The fraction of sp³-hybridized carbons (Fsp3) is 0.118. The molecule has 0 saturated carbocycles. The van der Waals surface area contributed by atoms with Crippen molar-refractivity contribution in [1.82, 2.24) is 9.66 Å². The molecular formula is C17H13BrClN3O4. The quantitative estimate of drug-likeness (QED) is 0.612. The Bertz CT molecular complexity index is 1140. The van der Waals surface area contributed by atoms with Crippen molar-refractivity contribution in [2.24, 2.45) is 5.10 Å². The zero-order valence-corrected chi connectivity index (χ0v) is 15.8. The molecule has 0 bridgehead atoms. The maximum absolute atomic E-state index is 12.5. The van der Waals surface area contributed by atoms with Gasteiger partial charge in [-0.2, -0.15) is 5.10 Å². The van der Waals surface area contributed by atoms with Gasteiger partial charge in [0.2, 0.25) is 0 Å². The molecule has 0 aliphatic rings.